The molecule has 4 rings (SSSR count). The zero-order chi connectivity index (χ0) is 25.4. The van der Waals surface area contributed by atoms with Crippen LogP contribution in [0.5, 0.6) is 5.75 Å². The molecule has 3 N–H and O–H groups in total. The molecule has 1 saturated carbocycles. The Hall–Kier alpha value is -1.86. The Morgan fingerprint density at radius 3 is 2.51 bits per heavy atom. The van der Waals surface area contributed by atoms with Crippen LogP contribution >= 0.6 is 0 Å². The van der Waals surface area contributed by atoms with Gasteiger partial charge in [0.2, 0.25) is 0 Å². The summed E-state index contributed by atoms with van der Waals surface area (Å²) in [5.74, 6) is 0.287. The molecule has 2 fully saturated rings. The Morgan fingerprint density at radius 2 is 1.94 bits per heavy atom. The molecule has 194 valence electrons. The third-order valence-electron chi connectivity index (χ3n) is 8.76. The molecule has 1 heterocycles. The maximum absolute atomic E-state index is 12.5. The smallest absolute Gasteiger partial charge is 0.119 e. The molecule has 1 aromatic rings. The molecule has 0 amide bonds. The van der Waals surface area contributed by atoms with Crippen LogP contribution in [0, 0.1) is 5.92 Å². The summed E-state index contributed by atoms with van der Waals surface area (Å²) in [6.45, 7) is 6.10. The van der Waals surface area contributed by atoms with Gasteiger partial charge < -0.3 is 29.7 Å². The Labute approximate surface area is 210 Å². The van der Waals surface area contributed by atoms with E-state index in [2.05, 4.69) is 17.1 Å². The Bertz CT molecular complexity index is 939. The number of aliphatic hydroxyl groups is 3. The van der Waals surface area contributed by atoms with Gasteiger partial charge in [0.05, 0.1) is 42.6 Å². The molecule has 0 spiro atoms. The molecule has 0 aromatic heterocycles. The molecule has 1 aromatic carbocycles. The third kappa shape index (κ3) is 4.55. The number of rotatable bonds is 8. The SMILES string of the molecule is COc1ccc(N2[C@@H](CC3=CCCC3)[C@@]3(O)CC[C@@H](O)[C@@H](OC)[C@@H]3[C@@]2(C)[C@H](O)CC=C(C)C)cc1. The second kappa shape index (κ2) is 10.3. The lowest BCUT2D eigenvalue weighted by Crippen LogP contribution is -2.63. The fourth-order valence-electron chi connectivity index (χ4n) is 7.01. The normalized spacial score (nSPS) is 35.4. The number of nitrogens with zero attached hydrogens (tertiary/aromatic N) is 1. The number of allylic oxidation sites excluding steroid dienone is 2. The molecule has 0 unspecified atom stereocenters. The predicted octanol–water partition coefficient (Wildman–Crippen LogP) is 4.38. The van der Waals surface area contributed by atoms with Crippen molar-refractivity contribution < 1.29 is 24.8 Å². The van der Waals surface area contributed by atoms with Crippen LogP contribution in [-0.4, -0.2) is 65.0 Å². The van der Waals surface area contributed by atoms with Crippen LogP contribution in [-0.2, 0) is 4.74 Å². The highest BCUT2D eigenvalue weighted by Crippen LogP contribution is 2.58. The van der Waals surface area contributed by atoms with Crippen LogP contribution in [0.3, 0.4) is 0 Å². The predicted molar refractivity (Wildman–Crippen MR) is 139 cm³/mol. The standard InChI is InChI=1S/C29H43NO5/c1-19(2)10-15-25(32)28(3)27-26(35-5)23(31)16-17-29(27,33)24(18-20-8-6-7-9-20)30(28)21-11-13-22(34-4)14-12-21/h8,10-14,23-27,31-33H,6-7,9,15-18H2,1-5H3/t23-,24+,25-,26-,27-,28-,29+/m1/s1. The minimum absolute atomic E-state index is 0.248. The summed E-state index contributed by atoms with van der Waals surface area (Å²) in [4.78, 5) is 2.25. The molecule has 7 atom stereocenters. The fourth-order valence-corrected chi connectivity index (χ4v) is 7.01. The van der Waals surface area contributed by atoms with E-state index in [1.807, 2.05) is 45.0 Å². The lowest BCUT2D eigenvalue weighted by molar-refractivity contribution is -0.171. The topological polar surface area (TPSA) is 82.4 Å². The van der Waals surface area contributed by atoms with Gasteiger partial charge in [-0.1, -0.05) is 23.3 Å². The Kier molecular flexibility index (Phi) is 7.68. The van der Waals surface area contributed by atoms with E-state index in [1.165, 1.54) is 5.57 Å². The maximum atomic E-state index is 12.5. The van der Waals surface area contributed by atoms with Crippen molar-refractivity contribution in [3.8, 4) is 5.75 Å². The van der Waals surface area contributed by atoms with Gasteiger partial charge in [0.15, 0.2) is 0 Å². The summed E-state index contributed by atoms with van der Waals surface area (Å²) in [7, 11) is 3.25. The lowest BCUT2D eigenvalue weighted by Gasteiger charge is -2.50. The third-order valence-corrected chi connectivity index (χ3v) is 8.76. The van der Waals surface area contributed by atoms with Crippen LogP contribution in [0.1, 0.15) is 65.7 Å². The summed E-state index contributed by atoms with van der Waals surface area (Å²) in [5, 5.41) is 35.4. The van der Waals surface area contributed by atoms with Crippen molar-refractivity contribution in [2.45, 2.75) is 101 Å². The zero-order valence-corrected chi connectivity index (χ0v) is 21.9. The van der Waals surface area contributed by atoms with E-state index in [0.29, 0.717) is 19.3 Å². The molecule has 0 radical (unpaired) electrons. The maximum Gasteiger partial charge on any atom is 0.119 e. The molecule has 6 heteroatoms. The van der Waals surface area contributed by atoms with E-state index < -0.39 is 35.4 Å². The van der Waals surface area contributed by atoms with Gasteiger partial charge in [-0.3, -0.25) is 0 Å². The molecule has 0 bridgehead atoms. The van der Waals surface area contributed by atoms with Crippen molar-refractivity contribution in [3.05, 3.63) is 47.6 Å². The summed E-state index contributed by atoms with van der Waals surface area (Å²) in [5.41, 5.74) is 1.44. The molecular weight excluding hydrogens is 442 g/mol. The van der Waals surface area contributed by atoms with Crippen LogP contribution in [0.25, 0.3) is 0 Å². The van der Waals surface area contributed by atoms with Crippen molar-refractivity contribution in [2.24, 2.45) is 5.92 Å². The number of benzene rings is 1. The first-order valence-corrected chi connectivity index (χ1v) is 13.0. The number of methoxy groups -OCH3 is 2. The van der Waals surface area contributed by atoms with Gasteiger partial charge in [0, 0.05) is 18.7 Å². The van der Waals surface area contributed by atoms with Crippen LogP contribution < -0.4 is 9.64 Å². The zero-order valence-electron chi connectivity index (χ0n) is 21.9. The van der Waals surface area contributed by atoms with Gasteiger partial charge in [0.1, 0.15) is 5.75 Å². The van der Waals surface area contributed by atoms with Gasteiger partial charge in [-0.15, -0.1) is 0 Å². The van der Waals surface area contributed by atoms with Crippen molar-refractivity contribution in [2.75, 3.05) is 19.1 Å². The number of hydrogen-bond donors (Lipinski definition) is 3. The minimum atomic E-state index is -1.12. The highest BCUT2D eigenvalue weighted by molar-refractivity contribution is 5.57. The number of ether oxygens (including phenoxy) is 2. The van der Waals surface area contributed by atoms with E-state index >= 15 is 0 Å². The van der Waals surface area contributed by atoms with Gasteiger partial charge in [0.25, 0.3) is 0 Å². The summed E-state index contributed by atoms with van der Waals surface area (Å²) < 4.78 is 11.3. The van der Waals surface area contributed by atoms with Gasteiger partial charge >= 0.3 is 0 Å². The average Bonchev–Trinajstić information content (AvgIpc) is 3.42. The minimum Gasteiger partial charge on any atom is -0.497 e. The average molecular weight is 486 g/mol. The highest BCUT2D eigenvalue weighted by atomic mass is 16.5. The van der Waals surface area contributed by atoms with E-state index in [-0.39, 0.29) is 6.04 Å². The lowest BCUT2D eigenvalue weighted by atomic mass is 9.63. The van der Waals surface area contributed by atoms with Crippen molar-refractivity contribution in [1.29, 1.82) is 0 Å². The van der Waals surface area contributed by atoms with E-state index in [1.54, 1.807) is 14.2 Å². The van der Waals surface area contributed by atoms with Gasteiger partial charge in [-0.2, -0.15) is 0 Å². The molecule has 2 aliphatic carbocycles. The van der Waals surface area contributed by atoms with Crippen molar-refractivity contribution in [1.82, 2.24) is 0 Å². The molecule has 6 nitrogen and oxygen atoms in total. The molecule has 1 aliphatic heterocycles. The Morgan fingerprint density at radius 1 is 1.23 bits per heavy atom. The number of fused-ring (bicyclic) bond motifs is 1. The highest BCUT2D eigenvalue weighted by Gasteiger charge is 2.70. The first kappa shape index (κ1) is 26.2. The quantitative estimate of drug-likeness (QED) is 0.474. The van der Waals surface area contributed by atoms with Crippen molar-refractivity contribution >= 4 is 5.69 Å². The molecule has 3 aliphatic rings. The number of hydrogen-bond acceptors (Lipinski definition) is 6. The largest absolute Gasteiger partial charge is 0.497 e. The number of aliphatic hydroxyl groups excluding tert-OH is 2. The van der Waals surface area contributed by atoms with Crippen LogP contribution in [0.4, 0.5) is 5.69 Å². The second-order valence-electron chi connectivity index (χ2n) is 11.1. The van der Waals surface area contributed by atoms with Gasteiger partial charge in [-0.25, -0.2) is 0 Å². The van der Waals surface area contributed by atoms with Gasteiger partial charge in [-0.05, 0) is 90.0 Å². The molecule has 1 saturated heterocycles. The van der Waals surface area contributed by atoms with E-state index in [9.17, 15) is 15.3 Å². The van der Waals surface area contributed by atoms with E-state index in [4.69, 9.17) is 9.47 Å². The molecular formula is C29H43NO5. The first-order valence-electron chi connectivity index (χ1n) is 13.0. The first-order chi connectivity index (χ1) is 16.7. The molecule has 35 heavy (non-hydrogen) atoms. The van der Waals surface area contributed by atoms with Crippen LogP contribution in [0.2, 0.25) is 0 Å². The second-order valence-corrected chi connectivity index (χ2v) is 11.1. The van der Waals surface area contributed by atoms with E-state index in [0.717, 1.165) is 42.7 Å². The summed E-state index contributed by atoms with van der Waals surface area (Å²) in [6, 6.07) is 7.64. The Balaban J connectivity index is 1.90. The number of anilines is 1. The van der Waals surface area contributed by atoms with Crippen molar-refractivity contribution in [3.63, 3.8) is 0 Å². The fraction of sp³-hybridized carbons (Fsp3) is 0.655. The van der Waals surface area contributed by atoms with Crippen LogP contribution in [0.15, 0.2) is 47.6 Å². The summed E-state index contributed by atoms with van der Waals surface area (Å²) >= 11 is 0. The monoisotopic (exact) mass is 485 g/mol. The summed E-state index contributed by atoms with van der Waals surface area (Å²) in [6.07, 6.45) is 7.70.